The van der Waals surface area contributed by atoms with Crippen molar-refractivity contribution in [2.45, 2.75) is 39.8 Å². The summed E-state index contributed by atoms with van der Waals surface area (Å²) in [4.78, 5) is 27.0. The van der Waals surface area contributed by atoms with Gasteiger partial charge in [-0.2, -0.15) is 0 Å². The fourth-order valence-electron chi connectivity index (χ4n) is 2.68. The Morgan fingerprint density at radius 2 is 1.90 bits per heavy atom. The van der Waals surface area contributed by atoms with Gasteiger partial charge in [-0.05, 0) is 44.0 Å². The van der Waals surface area contributed by atoms with Crippen molar-refractivity contribution < 1.29 is 14.3 Å². The van der Waals surface area contributed by atoms with Crippen molar-refractivity contribution in [3.05, 3.63) is 63.1 Å². The van der Waals surface area contributed by atoms with Crippen LogP contribution in [0.4, 0.5) is 0 Å². The summed E-state index contributed by atoms with van der Waals surface area (Å²) in [5, 5.41) is 3.26. The average Bonchev–Trinajstić information content (AvgIpc) is 2.70. The van der Waals surface area contributed by atoms with E-state index in [1.165, 1.54) is 4.90 Å². The lowest BCUT2D eigenvalue weighted by molar-refractivity contribution is -0.142. The summed E-state index contributed by atoms with van der Waals surface area (Å²) in [5.41, 5.74) is 2.08. The molecule has 2 rings (SSSR count). The molecule has 1 atom stereocenters. The van der Waals surface area contributed by atoms with E-state index in [-0.39, 0.29) is 18.4 Å². The number of carbonyl (C=O) groups excluding carboxylic acids is 2. The highest BCUT2D eigenvalue weighted by atomic mass is 79.9. The van der Waals surface area contributed by atoms with Gasteiger partial charge in [0.2, 0.25) is 5.91 Å². The molecule has 156 valence electrons. The van der Waals surface area contributed by atoms with Crippen molar-refractivity contribution in [2.75, 3.05) is 13.2 Å². The highest BCUT2D eigenvalue weighted by Crippen LogP contribution is 2.27. The Morgan fingerprint density at radius 1 is 1.21 bits per heavy atom. The first kappa shape index (κ1) is 23.2. The second-order valence-electron chi connectivity index (χ2n) is 6.84. The van der Waals surface area contributed by atoms with Crippen LogP contribution in [0.3, 0.4) is 0 Å². The summed E-state index contributed by atoms with van der Waals surface area (Å²) in [7, 11) is 0. The smallest absolute Gasteiger partial charge is 0.261 e. The van der Waals surface area contributed by atoms with Crippen LogP contribution in [0.25, 0.3) is 0 Å². The quantitative estimate of drug-likeness (QED) is 0.563. The zero-order chi connectivity index (χ0) is 21.4. The molecule has 0 heterocycles. The summed E-state index contributed by atoms with van der Waals surface area (Å²) < 4.78 is 6.45. The van der Waals surface area contributed by atoms with Crippen LogP contribution in [0.5, 0.6) is 5.75 Å². The molecule has 0 unspecified atom stereocenters. The summed E-state index contributed by atoms with van der Waals surface area (Å²) in [5.74, 6) is -0.0562. The molecule has 0 radical (unpaired) electrons. The molecule has 2 aromatic carbocycles. The maximum atomic E-state index is 13.0. The molecule has 5 nitrogen and oxygen atoms in total. The fourth-order valence-corrected chi connectivity index (χ4v) is 3.41. The molecule has 0 bridgehead atoms. The van der Waals surface area contributed by atoms with Gasteiger partial charge < -0.3 is 15.0 Å². The van der Waals surface area contributed by atoms with Gasteiger partial charge >= 0.3 is 0 Å². The minimum absolute atomic E-state index is 0.186. The predicted octanol–water partition coefficient (Wildman–Crippen LogP) is 4.73. The first-order chi connectivity index (χ1) is 13.8. The van der Waals surface area contributed by atoms with Gasteiger partial charge in [-0.25, -0.2) is 0 Å². The number of ether oxygens (including phenoxy) is 1. The van der Waals surface area contributed by atoms with E-state index in [0.717, 1.165) is 22.0 Å². The average molecular weight is 482 g/mol. The van der Waals surface area contributed by atoms with Gasteiger partial charge in [0.05, 0.1) is 5.02 Å². The van der Waals surface area contributed by atoms with Gasteiger partial charge in [0.1, 0.15) is 11.8 Å². The summed E-state index contributed by atoms with van der Waals surface area (Å²) in [6.45, 7) is 6.39. The maximum absolute atomic E-state index is 13.0. The highest BCUT2D eigenvalue weighted by molar-refractivity contribution is 9.10. The van der Waals surface area contributed by atoms with Crippen LogP contribution >= 0.6 is 27.5 Å². The third-order valence-electron chi connectivity index (χ3n) is 4.44. The van der Waals surface area contributed by atoms with Crippen molar-refractivity contribution in [3.8, 4) is 5.75 Å². The number of benzene rings is 2. The number of halogens is 2. The van der Waals surface area contributed by atoms with E-state index in [0.29, 0.717) is 23.9 Å². The van der Waals surface area contributed by atoms with E-state index in [1.54, 1.807) is 25.1 Å². The van der Waals surface area contributed by atoms with Crippen LogP contribution in [0, 0.1) is 6.92 Å². The Morgan fingerprint density at radius 3 is 2.52 bits per heavy atom. The SMILES string of the molecule is CCCNC(=O)[C@@H](C)N(Cc1ccc(C)cc1)C(=O)COc1ccc(Br)cc1Cl. The number of nitrogens with one attached hydrogen (secondary N) is 1. The van der Waals surface area contributed by atoms with Crippen LogP contribution < -0.4 is 10.1 Å². The molecule has 0 aromatic heterocycles. The van der Waals surface area contributed by atoms with Crippen molar-refractivity contribution in [1.82, 2.24) is 10.2 Å². The van der Waals surface area contributed by atoms with Crippen LogP contribution in [0.15, 0.2) is 46.9 Å². The fraction of sp³-hybridized carbons (Fsp3) is 0.364. The number of hydrogen-bond acceptors (Lipinski definition) is 3. The monoisotopic (exact) mass is 480 g/mol. The maximum Gasteiger partial charge on any atom is 0.261 e. The van der Waals surface area contributed by atoms with E-state index < -0.39 is 6.04 Å². The topological polar surface area (TPSA) is 58.6 Å². The normalized spacial score (nSPS) is 11.6. The predicted molar refractivity (Wildman–Crippen MR) is 119 cm³/mol. The van der Waals surface area contributed by atoms with Crippen LogP contribution in [0.1, 0.15) is 31.4 Å². The summed E-state index contributed by atoms with van der Waals surface area (Å²) in [6, 6.07) is 12.4. The number of carbonyl (C=O) groups is 2. The minimum Gasteiger partial charge on any atom is -0.482 e. The molecule has 0 saturated heterocycles. The van der Waals surface area contributed by atoms with Gasteiger partial charge in [0, 0.05) is 17.6 Å². The molecule has 2 aromatic rings. The standard InChI is InChI=1S/C22H26BrClN2O3/c1-4-11-25-22(28)16(3)26(13-17-7-5-15(2)6-8-17)21(27)14-29-20-10-9-18(23)12-19(20)24/h5-10,12,16H,4,11,13-14H2,1-3H3,(H,25,28)/t16-/m1/s1. The first-order valence-electron chi connectivity index (χ1n) is 9.52. The Bertz CT molecular complexity index is 842. The van der Waals surface area contributed by atoms with E-state index in [4.69, 9.17) is 16.3 Å². The number of aryl methyl sites for hydroxylation is 1. The Hall–Kier alpha value is -2.05. The molecular formula is C22H26BrClN2O3. The van der Waals surface area contributed by atoms with Gasteiger partial charge in [0.25, 0.3) is 5.91 Å². The molecule has 0 aliphatic rings. The molecule has 0 fully saturated rings. The van der Waals surface area contributed by atoms with E-state index in [9.17, 15) is 9.59 Å². The van der Waals surface area contributed by atoms with Crippen LogP contribution in [-0.4, -0.2) is 35.9 Å². The molecule has 7 heteroatoms. The van der Waals surface area contributed by atoms with Crippen molar-refractivity contribution in [2.24, 2.45) is 0 Å². The molecule has 0 aliphatic carbocycles. The Labute approximate surface area is 185 Å². The molecular weight excluding hydrogens is 456 g/mol. The lowest BCUT2D eigenvalue weighted by atomic mass is 10.1. The summed E-state index contributed by atoms with van der Waals surface area (Å²) >= 11 is 9.50. The molecule has 29 heavy (non-hydrogen) atoms. The zero-order valence-electron chi connectivity index (χ0n) is 16.9. The van der Waals surface area contributed by atoms with Gasteiger partial charge in [-0.15, -0.1) is 0 Å². The van der Waals surface area contributed by atoms with E-state index in [1.807, 2.05) is 38.1 Å². The van der Waals surface area contributed by atoms with Gasteiger partial charge in [0.15, 0.2) is 6.61 Å². The number of nitrogens with zero attached hydrogens (tertiary/aromatic N) is 1. The molecule has 1 N–H and O–H groups in total. The van der Waals surface area contributed by atoms with Crippen LogP contribution in [0.2, 0.25) is 5.02 Å². The van der Waals surface area contributed by atoms with E-state index in [2.05, 4.69) is 21.2 Å². The first-order valence-corrected chi connectivity index (χ1v) is 10.7. The highest BCUT2D eigenvalue weighted by Gasteiger charge is 2.26. The van der Waals surface area contributed by atoms with Crippen molar-refractivity contribution in [3.63, 3.8) is 0 Å². The second kappa shape index (κ2) is 11.2. The second-order valence-corrected chi connectivity index (χ2v) is 8.16. The molecule has 0 saturated carbocycles. The van der Waals surface area contributed by atoms with E-state index >= 15 is 0 Å². The lowest BCUT2D eigenvalue weighted by Gasteiger charge is -2.28. The van der Waals surface area contributed by atoms with Crippen molar-refractivity contribution in [1.29, 1.82) is 0 Å². The zero-order valence-corrected chi connectivity index (χ0v) is 19.2. The largest absolute Gasteiger partial charge is 0.482 e. The van der Waals surface area contributed by atoms with Crippen LogP contribution in [-0.2, 0) is 16.1 Å². The minimum atomic E-state index is -0.626. The Kier molecular flexibility index (Phi) is 8.99. The number of rotatable bonds is 9. The molecule has 2 amide bonds. The molecule has 0 aliphatic heterocycles. The number of hydrogen-bond donors (Lipinski definition) is 1. The number of amides is 2. The molecule has 0 spiro atoms. The summed E-state index contributed by atoms with van der Waals surface area (Å²) in [6.07, 6.45) is 0.829. The van der Waals surface area contributed by atoms with Gasteiger partial charge in [-0.3, -0.25) is 9.59 Å². The van der Waals surface area contributed by atoms with Gasteiger partial charge in [-0.1, -0.05) is 64.3 Å². The third kappa shape index (κ3) is 7.05. The Balaban J connectivity index is 2.14. The van der Waals surface area contributed by atoms with Crippen molar-refractivity contribution >= 4 is 39.3 Å². The lowest BCUT2D eigenvalue weighted by Crippen LogP contribution is -2.49. The third-order valence-corrected chi connectivity index (χ3v) is 5.22.